The molecule has 3 rings (SSSR count). The number of hydrogen-bond donors (Lipinski definition) is 1. The predicted octanol–water partition coefficient (Wildman–Crippen LogP) is 3.32. The molecule has 1 aromatic heterocycles. The number of carboxylic acids is 1. The fraction of sp³-hybridized carbons (Fsp3) is 0.444. The highest BCUT2D eigenvalue weighted by molar-refractivity contribution is 5.67. The van der Waals surface area contributed by atoms with Crippen LogP contribution in [0.1, 0.15) is 43.4 Å². The molecule has 0 bridgehead atoms. The molecule has 0 saturated carbocycles. The quantitative estimate of drug-likeness (QED) is 0.921. The highest BCUT2D eigenvalue weighted by atomic mass is 16.4. The van der Waals surface area contributed by atoms with E-state index in [1.165, 1.54) is 5.56 Å². The molecule has 22 heavy (non-hydrogen) atoms. The van der Waals surface area contributed by atoms with Gasteiger partial charge < -0.3 is 9.67 Å². The molecule has 2 heterocycles. The Morgan fingerprint density at radius 2 is 2.14 bits per heavy atom. The molecule has 1 aliphatic heterocycles. The number of fused-ring (bicyclic) bond motifs is 1. The monoisotopic (exact) mass is 298 g/mol. The Morgan fingerprint density at radius 1 is 1.41 bits per heavy atom. The summed E-state index contributed by atoms with van der Waals surface area (Å²) >= 11 is 0. The van der Waals surface area contributed by atoms with Crippen molar-refractivity contribution in [2.24, 2.45) is 11.8 Å². The van der Waals surface area contributed by atoms with Gasteiger partial charge in [-0.25, -0.2) is 4.98 Å². The van der Waals surface area contributed by atoms with Gasteiger partial charge in [-0.3, -0.25) is 4.79 Å². The molecular formula is C18H22N2O2. The van der Waals surface area contributed by atoms with Gasteiger partial charge in [-0.05, 0) is 23.8 Å². The van der Waals surface area contributed by atoms with Gasteiger partial charge >= 0.3 is 5.97 Å². The molecular weight excluding hydrogens is 276 g/mol. The highest BCUT2D eigenvalue weighted by Crippen LogP contribution is 2.37. The van der Waals surface area contributed by atoms with Crippen LogP contribution in [-0.4, -0.2) is 20.6 Å². The second kappa shape index (κ2) is 5.95. The summed E-state index contributed by atoms with van der Waals surface area (Å²) in [6.07, 6.45) is 3.86. The van der Waals surface area contributed by atoms with Crippen molar-refractivity contribution in [2.45, 2.75) is 39.2 Å². The van der Waals surface area contributed by atoms with E-state index in [1.807, 2.05) is 19.2 Å². The van der Waals surface area contributed by atoms with Gasteiger partial charge in [0.15, 0.2) is 0 Å². The Hall–Kier alpha value is -2.10. The van der Waals surface area contributed by atoms with Crippen LogP contribution >= 0.6 is 0 Å². The Kier molecular flexibility index (Phi) is 4.01. The minimum atomic E-state index is -0.735. The van der Waals surface area contributed by atoms with E-state index in [1.54, 1.807) is 0 Å². The van der Waals surface area contributed by atoms with E-state index in [0.717, 1.165) is 24.4 Å². The lowest BCUT2D eigenvalue weighted by molar-refractivity contribution is -0.137. The van der Waals surface area contributed by atoms with Crippen molar-refractivity contribution in [1.82, 2.24) is 9.55 Å². The standard InChI is InChI=1S/C18H22N2O2/c1-12(9-17(21)22)8-15-11-19-16-10-13(2)18(20(15)16)14-6-4-3-5-7-14/h3-7,11-13,18H,8-10H2,1-2H3,(H,21,22). The zero-order chi connectivity index (χ0) is 15.7. The van der Waals surface area contributed by atoms with Crippen LogP contribution in [0.3, 0.4) is 0 Å². The van der Waals surface area contributed by atoms with Gasteiger partial charge in [0, 0.05) is 24.7 Å². The van der Waals surface area contributed by atoms with E-state index in [2.05, 4.69) is 40.7 Å². The summed E-state index contributed by atoms with van der Waals surface area (Å²) in [6, 6.07) is 10.8. The summed E-state index contributed by atoms with van der Waals surface area (Å²) in [4.78, 5) is 15.5. The summed E-state index contributed by atoms with van der Waals surface area (Å²) in [5.41, 5.74) is 2.46. The number of benzene rings is 1. The molecule has 0 aliphatic carbocycles. The lowest BCUT2D eigenvalue weighted by Crippen LogP contribution is -2.16. The van der Waals surface area contributed by atoms with E-state index in [0.29, 0.717) is 12.0 Å². The summed E-state index contributed by atoms with van der Waals surface area (Å²) in [7, 11) is 0. The number of nitrogens with zero attached hydrogens (tertiary/aromatic N) is 2. The number of imidazole rings is 1. The van der Waals surface area contributed by atoms with Crippen molar-refractivity contribution in [3.8, 4) is 0 Å². The minimum absolute atomic E-state index is 0.116. The number of aromatic nitrogens is 2. The van der Waals surface area contributed by atoms with Crippen molar-refractivity contribution >= 4 is 5.97 Å². The maximum atomic E-state index is 10.9. The zero-order valence-electron chi connectivity index (χ0n) is 13.1. The first-order valence-electron chi connectivity index (χ1n) is 7.88. The molecule has 1 aromatic carbocycles. The number of carboxylic acid groups (broad SMARTS) is 1. The molecule has 0 fully saturated rings. The van der Waals surface area contributed by atoms with Crippen LogP contribution in [0.15, 0.2) is 36.5 Å². The number of aliphatic carboxylic acids is 1. The normalized spacial score (nSPS) is 21.5. The predicted molar refractivity (Wildman–Crippen MR) is 84.8 cm³/mol. The number of hydrogen-bond acceptors (Lipinski definition) is 2. The summed E-state index contributed by atoms with van der Waals surface area (Å²) in [5.74, 6) is 1.02. The average Bonchev–Trinajstić information content (AvgIpc) is 2.98. The van der Waals surface area contributed by atoms with Gasteiger partial charge in [0.05, 0.1) is 6.04 Å². The topological polar surface area (TPSA) is 55.1 Å². The molecule has 2 aromatic rings. The second-order valence-corrected chi connectivity index (χ2v) is 6.48. The molecule has 3 atom stereocenters. The summed E-state index contributed by atoms with van der Waals surface area (Å²) in [5, 5.41) is 8.96. The average molecular weight is 298 g/mol. The number of carbonyl (C=O) groups is 1. The van der Waals surface area contributed by atoms with Crippen LogP contribution in [0.5, 0.6) is 0 Å². The smallest absolute Gasteiger partial charge is 0.303 e. The van der Waals surface area contributed by atoms with Gasteiger partial charge in [-0.2, -0.15) is 0 Å². The summed E-state index contributed by atoms with van der Waals surface area (Å²) in [6.45, 7) is 4.25. The lowest BCUT2D eigenvalue weighted by Gasteiger charge is -2.22. The van der Waals surface area contributed by atoms with Crippen molar-refractivity contribution in [1.29, 1.82) is 0 Å². The third-order valence-electron chi connectivity index (χ3n) is 4.49. The molecule has 116 valence electrons. The first-order valence-corrected chi connectivity index (χ1v) is 7.88. The maximum Gasteiger partial charge on any atom is 0.303 e. The summed E-state index contributed by atoms with van der Waals surface area (Å²) < 4.78 is 2.33. The Bertz CT molecular complexity index is 663. The van der Waals surface area contributed by atoms with E-state index in [9.17, 15) is 4.79 Å². The molecule has 3 unspecified atom stereocenters. The van der Waals surface area contributed by atoms with Crippen molar-refractivity contribution in [3.05, 3.63) is 53.6 Å². The van der Waals surface area contributed by atoms with E-state index < -0.39 is 5.97 Å². The van der Waals surface area contributed by atoms with Gasteiger partial charge in [0.2, 0.25) is 0 Å². The van der Waals surface area contributed by atoms with Crippen LogP contribution in [-0.2, 0) is 17.6 Å². The van der Waals surface area contributed by atoms with E-state index in [-0.39, 0.29) is 12.3 Å². The first-order chi connectivity index (χ1) is 10.6. The lowest BCUT2D eigenvalue weighted by atomic mass is 9.94. The Balaban J connectivity index is 1.90. The third kappa shape index (κ3) is 2.78. The molecule has 4 heteroatoms. The van der Waals surface area contributed by atoms with Gasteiger partial charge in [-0.15, -0.1) is 0 Å². The zero-order valence-corrected chi connectivity index (χ0v) is 13.1. The molecule has 0 saturated heterocycles. The van der Waals surface area contributed by atoms with Crippen molar-refractivity contribution in [2.75, 3.05) is 0 Å². The van der Waals surface area contributed by atoms with E-state index >= 15 is 0 Å². The molecule has 0 spiro atoms. The van der Waals surface area contributed by atoms with Gasteiger partial charge in [-0.1, -0.05) is 44.2 Å². The van der Waals surface area contributed by atoms with Crippen LogP contribution in [0.25, 0.3) is 0 Å². The highest BCUT2D eigenvalue weighted by Gasteiger charge is 2.33. The maximum absolute atomic E-state index is 10.9. The Morgan fingerprint density at radius 3 is 2.82 bits per heavy atom. The van der Waals surface area contributed by atoms with Crippen LogP contribution < -0.4 is 0 Å². The Labute approximate surface area is 130 Å². The third-order valence-corrected chi connectivity index (χ3v) is 4.49. The fourth-order valence-electron chi connectivity index (χ4n) is 3.59. The number of rotatable bonds is 5. The minimum Gasteiger partial charge on any atom is -0.481 e. The van der Waals surface area contributed by atoms with Gasteiger partial charge in [0.1, 0.15) is 5.82 Å². The molecule has 1 N–H and O–H groups in total. The largest absolute Gasteiger partial charge is 0.481 e. The first kappa shape index (κ1) is 14.8. The van der Waals surface area contributed by atoms with Crippen molar-refractivity contribution in [3.63, 3.8) is 0 Å². The molecule has 4 nitrogen and oxygen atoms in total. The molecule has 0 radical (unpaired) electrons. The molecule has 1 aliphatic rings. The van der Waals surface area contributed by atoms with Crippen molar-refractivity contribution < 1.29 is 9.90 Å². The van der Waals surface area contributed by atoms with Crippen LogP contribution in [0, 0.1) is 11.8 Å². The SMILES string of the molecule is CC(CC(=O)O)Cc1cnc2n1C(c1ccccc1)C(C)C2. The van der Waals surface area contributed by atoms with E-state index in [4.69, 9.17) is 5.11 Å². The van der Waals surface area contributed by atoms with Crippen LogP contribution in [0.2, 0.25) is 0 Å². The van der Waals surface area contributed by atoms with Crippen LogP contribution in [0.4, 0.5) is 0 Å². The second-order valence-electron chi connectivity index (χ2n) is 6.48. The van der Waals surface area contributed by atoms with Gasteiger partial charge in [0.25, 0.3) is 0 Å². The molecule has 0 amide bonds. The fourth-order valence-corrected chi connectivity index (χ4v) is 3.59.